The fraction of sp³-hybridized carbons (Fsp3) is 0.385. The second-order valence-corrected chi connectivity index (χ2v) is 9.13. The van der Waals surface area contributed by atoms with E-state index in [-0.39, 0.29) is 12.6 Å². The van der Waals surface area contributed by atoms with Crippen molar-refractivity contribution >= 4 is 66.5 Å². The maximum Gasteiger partial charge on any atom is 0.192 e. The van der Waals surface area contributed by atoms with E-state index >= 15 is 0 Å². The number of hydrogen-bond donors (Lipinski definition) is 2. The SMILES string of the molecule is Cc1nc(CSc2nc(N[C@H](C)CO)c3sc(Br)nc3n2)cs1. The van der Waals surface area contributed by atoms with E-state index in [0.717, 1.165) is 25.1 Å². The molecule has 0 bridgehead atoms. The van der Waals surface area contributed by atoms with Gasteiger partial charge in [-0.25, -0.2) is 19.9 Å². The van der Waals surface area contributed by atoms with Gasteiger partial charge in [-0.3, -0.25) is 0 Å². The molecule has 3 aromatic rings. The lowest BCUT2D eigenvalue weighted by molar-refractivity contribution is 0.281. The smallest absolute Gasteiger partial charge is 0.192 e. The number of fused-ring (bicyclic) bond motifs is 1. The fourth-order valence-corrected chi connectivity index (χ4v) is 4.62. The lowest BCUT2D eigenvalue weighted by Crippen LogP contribution is -2.20. The Morgan fingerprint density at radius 1 is 1.35 bits per heavy atom. The van der Waals surface area contributed by atoms with E-state index in [1.807, 2.05) is 19.2 Å². The summed E-state index contributed by atoms with van der Waals surface area (Å²) in [6.45, 7) is 3.92. The molecule has 122 valence electrons. The number of aliphatic hydroxyl groups is 1. The average molecular weight is 432 g/mol. The summed E-state index contributed by atoms with van der Waals surface area (Å²) in [4.78, 5) is 17.9. The van der Waals surface area contributed by atoms with E-state index in [4.69, 9.17) is 0 Å². The number of thiazole rings is 2. The molecule has 0 fully saturated rings. The molecule has 0 unspecified atom stereocenters. The van der Waals surface area contributed by atoms with Crippen LogP contribution in [0.3, 0.4) is 0 Å². The second-order valence-electron chi connectivity index (χ2n) is 4.85. The van der Waals surface area contributed by atoms with Gasteiger partial charge in [-0.15, -0.1) is 22.7 Å². The number of nitrogens with zero attached hydrogens (tertiary/aromatic N) is 4. The van der Waals surface area contributed by atoms with Crippen LogP contribution in [0.5, 0.6) is 0 Å². The number of aromatic nitrogens is 4. The third-order valence-electron chi connectivity index (χ3n) is 2.88. The van der Waals surface area contributed by atoms with Gasteiger partial charge in [-0.2, -0.15) is 0 Å². The molecule has 3 heterocycles. The molecule has 1 atom stereocenters. The number of aryl methyl sites for hydroxylation is 1. The molecule has 6 nitrogen and oxygen atoms in total. The van der Waals surface area contributed by atoms with Crippen LogP contribution in [0.2, 0.25) is 0 Å². The van der Waals surface area contributed by atoms with Crippen LogP contribution in [-0.4, -0.2) is 37.7 Å². The predicted octanol–water partition coefficient (Wildman–Crippen LogP) is 3.70. The highest BCUT2D eigenvalue weighted by Crippen LogP contribution is 2.32. The van der Waals surface area contributed by atoms with Gasteiger partial charge in [0.1, 0.15) is 4.70 Å². The van der Waals surface area contributed by atoms with Crippen molar-refractivity contribution in [3.63, 3.8) is 0 Å². The van der Waals surface area contributed by atoms with Crippen molar-refractivity contribution < 1.29 is 5.11 Å². The van der Waals surface area contributed by atoms with Gasteiger partial charge in [0.25, 0.3) is 0 Å². The van der Waals surface area contributed by atoms with Crippen LogP contribution in [-0.2, 0) is 5.75 Å². The first-order valence-electron chi connectivity index (χ1n) is 6.80. The van der Waals surface area contributed by atoms with Crippen LogP contribution in [0.1, 0.15) is 17.6 Å². The largest absolute Gasteiger partial charge is 0.394 e. The van der Waals surface area contributed by atoms with E-state index in [1.54, 1.807) is 11.3 Å². The molecule has 23 heavy (non-hydrogen) atoms. The number of nitrogens with one attached hydrogen (secondary N) is 1. The number of rotatable bonds is 6. The van der Waals surface area contributed by atoms with Crippen molar-refractivity contribution in [3.05, 3.63) is 20.0 Å². The summed E-state index contributed by atoms with van der Waals surface area (Å²) in [7, 11) is 0. The lowest BCUT2D eigenvalue weighted by Gasteiger charge is -2.12. The van der Waals surface area contributed by atoms with Crippen LogP contribution in [0, 0.1) is 6.92 Å². The number of anilines is 1. The molecule has 0 saturated carbocycles. The fourth-order valence-electron chi connectivity index (χ4n) is 1.83. The van der Waals surface area contributed by atoms with Gasteiger partial charge >= 0.3 is 0 Å². The molecular weight excluding hydrogens is 418 g/mol. The van der Waals surface area contributed by atoms with Crippen LogP contribution in [0.25, 0.3) is 10.3 Å². The first-order chi connectivity index (χ1) is 11.0. The standard InChI is InChI=1S/C13H14BrN5OS3/c1-6(3-20)15-10-9-11(17-12(14)23-9)19-13(18-10)22-5-8-4-21-7(2)16-8/h4,6,20H,3,5H2,1-2H3,(H,15,18,19)/t6-/m1/s1. The zero-order chi connectivity index (χ0) is 16.4. The van der Waals surface area contributed by atoms with E-state index in [0.29, 0.717) is 16.6 Å². The minimum atomic E-state index is -0.0898. The molecule has 0 saturated heterocycles. The van der Waals surface area contributed by atoms with Gasteiger partial charge in [0.05, 0.1) is 17.3 Å². The molecule has 3 aromatic heterocycles. The van der Waals surface area contributed by atoms with E-state index in [1.165, 1.54) is 23.1 Å². The van der Waals surface area contributed by atoms with Crippen LogP contribution < -0.4 is 5.32 Å². The lowest BCUT2D eigenvalue weighted by atomic mass is 10.3. The molecule has 0 aliphatic heterocycles. The van der Waals surface area contributed by atoms with Gasteiger partial charge in [0.15, 0.2) is 20.5 Å². The van der Waals surface area contributed by atoms with Crippen LogP contribution in [0.15, 0.2) is 14.5 Å². The summed E-state index contributed by atoms with van der Waals surface area (Å²) in [5.74, 6) is 1.42. The van der Waals surface area contributed by atoms with E-state index in [9.17, 15) is 5.11 Å². The van der Waals surface area contributed by atoms with Gasteiger partial charge in [-0.1, -0.05) is 11.8 Å². The Morgan fingerprint density at radius 3 is 2.87 bits per heavy atom. The maximum atomic E-state index is 9.26. The quantitative estimate of drug-likeness (QED) is 0.454. The Morgan fingerprint density at radius 2 is 2.17 bits per heavy atom. The van der Waals surface area contributed by atoms with Crippen LogP contribution >= 0.6 is 50.4 Å². The summed E-state index contributed by atoms with van der Waals surface area (Å²) in [6.07, 6.45) is 0. The van der Waals surface area contributed by atoms with Gasteiger partial charge < -0.3 is 10.4 Å². The van der Waals surface area contributed by atoms with Crippen molar-refractivity contribution in [2.45, 2.75) is 30.8 Å². The Kier molecular flexibility index (Phi) is 5.47. The highest BCUT2D eigenvalue weighted by molar-refractivity contribution is 9.11. The van der Waals surface area contributed by atoms with E-state index < -0.39 is 0 Å². The number of hydrogen-bond acceptors (Lipinski definition) is 9. The number of halogens is 1. The zero-order valence-electron chi connectivity index (χ0n) is 12.4. The Hall–Kier alpha value is -0.810. The Bertz CT molecular complexity index is 821. The molecule has 0 aliphatic carbocycles. The first kappa shape index (κ1) is 17.0. The van der Waals surface area contributed by atoms with Gasteiger partial charge in [0, 0.05) is 17.2 Å². The topological polar surface area (TPSA) is 83.8 Å². The summed E-state index contributed by atoms with van der Waals surface area (Å²) < 4.78 is 1.64. The summed E-state index contributed by atoms with van der Waals surface area (Å²) >= 11 is 8.03. The molecule has 0 radical (unpaired) electrons. The Balaban J connectivity index is 1.87. The summed E-state index contributed by atoms with van der Waals surface area (Å²) in [6, 6.07) is -0.0898. The van der Waals surface area contributed by atoms with Crippen molar-refractivity contribution in [2.75, 3.05) is 11.9 Å². The van der Waals surface area contributed by atoms with Crippen LogP contribution in [0.4, 0.5) is 5.82 Å². The molecule has 2 N–H and O–H groups in total. The third kappa shape index (κ3) is 4.18. The third-order valence-corrected chi connectivity index (χ3v) is 6.09. The maximum absolute atomic E-state index is 9.26. The highest BCUT2D eigenvalue weighted by Gasteiger charge is 2.15. The molecule has 0 aromatic carbocycles. The van der Waals surface area contributed by atoms with E-state index in [2.05, 4.69) is 41.2 Å². The monoisotopic (exact) mass is 431 g/mol. The molecule has 0 spiro atoms. The minimum Gasteiger partial charge on any atom is -0.394 e. The molecule has 0 aliphatic rings. The van der Waals surface area contributed by atoms with Crippen molar-refractivity contribution in [2.24, 2.45) is 0 Å². The number of thioether (sulfide) groups is 1. The number of aliphatic hydroxyl groups excluding tert-OH is 1. The highest BCUT2D eigenvalue weighted by atomic mass is 79.9. The first-order valence-corrected chi connectivity index (χ1v) is 10.3. The molecule has 0 amide bonds. The molecule has 10 heteroatoms. The van der Waals surface area contributed by atoms with Gasteiger partial charge in [0.2, 0.25) is 0 Å². The normalized spacial score (nSPS) is 12.7. The molecular formula is C13H14BrN5OS3. The zero-order valence-corrected chi connectivity index (χ0v) is 16.4. The molecule has 3 rings (SSSR count). The summed E-state index contributed by atoms with van der Waals surface area (Å²) in [5, 5.41) is 16.2. The summed E-state index contributed by atoms with van der Waals surface area (Å²) in [5.41, 5.74) is 1.68. The predicted molar refractivity (Wildman–Crippen MR) is 99.5 cm³/mol. The minimum absolute atomic E-state index is 0.0338. The van der Waals surface area contributed by atoms with Crippen molar-refractivity contribution in [1.82, 2.24) is 19.9 Å². The average Bonchev–Trinajstić information content (AvgIpc) is 3.10. The second kappa shape index (κ2) is 7.39. The Labute approximate surface area is 153 Å². The van der Waals surface area contributed by atoms with Gasteiger partial charge in [-0.05, 0) is 29.8 Å². The van der Waals surface area contributed by atoms with Crippen molar-refractivity contribution in [3.8, 4) is 0 Å². The van der Waals surface area contributed by atoms with Crippen molar-refractivity contribution in [1.29, 1.82) is 0 Å².